The number of hydrogen-bond donors (Lipinski definition) is 2. The lowest BCUT2D eigenvalue weighted by molar-refractivity contribution is 0.0906. The second-order valence-corrected chi connectivity index (χ2v) is 5.69. The van der Waals surface area contributed by atoms with Crippen molar-refractivity contribution in [1.82, 2.24) is 20.1 Å². The van der Waals surface area contributed by atoms with Crippen molar-refractivity contribution in [2.45, 2.75) is 33.1 Å². The Balaban J connectivity index is 2.16. The molecule has 23 heavy (non-hydrogen) atoms. The van der Waals surface area contributed by atoms with Gasteiger partial charge in [-0.3, -0.25) is 4.79 Å². The molecule has 0 aliphatic carbocycles. The Morgan fingerprint density at radius 2 is 2.09 bits per heavy atom. The first-order valence-corrected chi connectivity index (χ1v) is 8.00. The Morgan fingerprint density at radius 1 is 1.30 bits per heavy atom. The first-order chi connectivity index (χ1) is 11.2. The highest BCUT2D eigenvalue weighted by molar-refractivity contribution is 5.97. The summed E-state index contributed by atoms with van der Waals surface area (Å²) in [6.45, 7) is 4.84. The minimum atomic E-state index is -0.173. The Bertz CT molecular complexity index is 621. The molecule has 0 aromatic carbocycles. The summed E-state index contributed by atoms with van der Waals surface area (Å²) in [5.41, 5.74) is 0.416. The summed E-state index contributed by atoms with van der Waals surface area (Å²) in [5, 5.41) is 16.4. The number of aliphatic hydroxyl groups excluding tert-OH is 1. The lowest BCUT2D eigenvalue weighted by Crippen LogP contribution is -2.38. The van der Waals surface area contributed by atoms with Crippen LogP contribution in [0.2, 0.25) is 0 Å². The van der Waals surface area contributed by atoms with Crippen LogP contribution >= 0.6 is 0 Å². The molecule has 0 aliphatic rings. The van der Waals surface area contributed by atoms with Crippen LogP contribution in [0.25, 0.3) is 5.82 Å². The lowest BCUT2D eigenvalue weighted by Gasteiger charge is -2.31. The summed E-state index contributed by atoms with van der Waals surface area (Å²) in [6.07, 6.45) is 7.54. The van der Waals surface area contributed by atoms with Gasteiger partial charge < -0.3 is 10.4 Å². The van der Waals surface area contributed by atoms with E-state index in [1.54, 1.807) is 41.5 Å². The summed E-state index contributed by atoms with van der Waals surface area (Å²) in [5.74, 6) is 0.337. The van der Waals surface area contributed by atoms with Crippen LogP contribution in [0.1, 0.15) is 43.5 Å². The van der Waals surface area contributed by atoms with Crippen LogP contribution in [-0.4, -0.2) is 38.9 Å². The first kappa shape index (κ1) is 17.1. The van der Waals surface area contributed by atoms with Crippen LogP contribution < -0.4 is 5.32 Å². The number of hydrogen-bond acceptors (Lipinski definition) is 4. The van der Waals surface area contributed by atoms with E-state index in [1.807, 2.05) is 0 Å². The SMILES string of the molecule is CCC(CC)(CCO)CNC(=O)c1cccnc1-n1cccn1. The molecule has 6 nitrogen and oxygen atoms in total. The van der Waals surface area contributed by atoms with Crippen LogP contribution in [0.4, 0.5) is 0 Å². The van der Waals surface area contributed by atoms with Gasteiger partial charge in [0.25, 0.3) is 5.91 Å². The molecule has 2 heterocycles. The van der Waals surface area contributed by atoms with Crippen LogP contribution in [0, 0.1) is 5.41 Å². The Morgan fingerprint density at radius 3 is 2.70 bits per heavy atom. The Hall–Kier alpha value is -2.21. The van der Waals surface area contributed by atoms with Crippen molar-refractivity contribution in [3.8, 4) is 5.82 Å². The van der Waals surface area contributed by atoms with E-state index in [4.69, 9.17) is 0 Å². The van der Waals surface area contributed by atoms with E-state index in [2.05, 4.69) is 29.2 Å². The number of nitrogens with zero attached hydrogens (tertiary/aromatic N) is 3. The van der Waals surface area contributed by atoms with Gasteiger partial charge in [0.2, 0.25) is 0 Å². The average molecular weight is 316 g/mol. The summed E-state index contributed by atoms with van der Waals surface area (Å²) < 4.78 is 1.58. The van der Waals surface area contributed by atoms with E-state index in [9.17, 15) is 9.90 Å². The molecule has 0 spiro atoms. The van der Waals surface area contributed by atoms with Gasteiger partial charge in [-0.15, -0.1) is 0 Å². The number of aromatic nitrogens is 3. The van der Waals surface area contributed by atoms with Gasteiger partial charge in [-0.25, -0.2) is 9.67 Å². The van der Waals surface area contributed by atoms with E-state index in [-0.39, 0.29) is 17.9 Å². The molecule has 0 fully saturated rings. The molecular formula is C17H24N4O2. The third kappa shape index (κ3) is 3.96. The number of nitrogens with one attached hydrogen (secondary N) is 1. The van der Waals surface area contributed by atoms with Crippen molar-refractivity contribution in [1.29, 1.82) is 0 Å². The fourth-order valence-corrected chi connectivity index (χ4v) is 2.69. The van der Waals surface area contributed by atoms with Gasteiger partial charge in [0.05, 0.1) is 5.56 Å². The number of pyridine rings is 1. The van der Waals surface area contributed by atoms with Gasteiger partial charge in [0.15, 0.2) is 5.82 Å². The lowest BCUT2D eigenvalue weighted by atomic mass is 9.79. The molecule has 0 unspecified atom stereocenters. The second-order valence-electron chi connectivity index (χ2n) is 5.69. The van der Waals surface area contributed by atoms with Gasteiger partial charge in [0, 0.05) is 31.7 Å². The predicted octanol–water partition coefficient (Wildman–Crippen LogP) is 2.19. The maximum absolute atomic E-state index is 12.6. The summed E-state index contributed by atoms with van der Waals surface area (Å²) in [6, 6.07) is 5.27. The molecule has 124 valence electrons. The van der Waals surface area contributed by atoms with Crippen LogP contribution in [-0.2, 0) is 0 Å². The van der Waals surface area contributed by atoms with Gasteiger partial charge in [-0.05, 0) is 42.9 Å². The molecule has 2 N–H and O–H groups in total. The van der Waals surface area contributed by atoms with Crippen LogP contribution in [0.5, 0.6) is 0 Å². The standard InChI is InChI=1S/C17H24N4O2/c1-3-17(4-2,8-12-22)13-19-16(23)14-7-5-9-18-15(14)21-11-6-10-20-21/h5-7,9-11,22H,3-4,8,12-13H2,1-2H3,(H,19,23). The maximum atomic E-state index is 12.6. The molecule has 2 aromatic heterocycles. The van der Waals surface area contributed by atoms with Crippen LogP contribution in [0.3, 0.4) is 0 Å². The molecule has 2 rings (SSSR count). The Labute approximate surface area is 136 Å². The quantitative estimate of drug-likeness (QED) is 0.782. The first-order valence-electron chi connectivity index (χ1n) is 8.00. The van der Waals surface area contributed by atoms with E-state index in [1.165, 1.54) is 0 Å². The largest absolute Gasteiger partial charge is 0.396 e. The summed E-state index contributed by atoms with van der Waals surface area (Å²) >= 11 is 0. The van der Waals surface area contributed by atoms with Crippen molar-refractivity contribution < 1.29 is 9.90 Å². The van der Waals surface area contributed by atoms with Crippen molar-refractivity contribution >= 4 is 5.91 Å². The number of carbonyl (C=O) groups is 1. The van der Waals surface area contributed by atoms with E-state index >= 15 is 0 Å². The molecule has 2 aromatic rings. The zero-order valence-corrected chi connectivity index (χ0v) is 13.7. The highest BCUT2D eigenvalue weighted by Crippen LogP contribution is 2.29. The van der Waals surface area contributed by atoms with Crippen molar-refractivity contribution in [3.05, 3.63) is 42.4 Å². The highest BCUT2D eigenvalue weighted by atomic mass is 16.3. The molecule has 6 heteroatoms. The zero-order chi connectivity index (χ0) is 16.7. The molecule has 0 atom stereocenters. The predicted molar refractivity (Wildman–Crippen MR) is 88.4 cm³/mol. The molecule has 0 bridgehead atoms. The smallest absolute Gasteiger partial charge is 0.255 e. The molecule has 0 radical (unpaired) electrons. The molecule has 0 saturated heterocycles. The molecule has 0 aliphatic heterocycles. The average Bonchev–Trinajstić information content (AvgIpc) is 3.13. The third-order valence-electron chi connectivity index (χ3n) is 4.52. The van der Waals surface area contributed by atoms with Gasteiger partial charge >= 0.3 is 0 Å². The van der Waals surface area contributed by atoms with Gasteiger partial charge in [-0.1, -0.05) is 13.8 Å². The van der Waals surface area contributed by atoms with Crippen LogP contribution in [0.15, 0.2) is 36.8 Å². The monoisotopic (exact) mass is 316 g/mol. The fraction of sp³-hybridized carbons (Fsp3) is 0.471. The van der Waals surface area contributed by atoms with E-state index in [0.29, 0.717) is 24.3 Å². The van der Waals surface area contributed by atoms with E-state index in [0.717, 1.165) is 12.8 Å². The fourth-order valence-electron chi connectivity index (χ4n) is 2.69. The summed E-state index contributed by atoms with van der Waals surface area (Å²) in [7, 11) is 0. The zero-order valence-electron chi connectivity index (χ0n) is 13.7. The molecule has 1 amide bonds. The highest BCUT2D eigenvalue weighted by Gasteiger charge is 2.26. The van der Waals surface area contributed by atoms with Gasteiger partial charge in [-0.2, -0.15) is 5.10 Å². The minimum absolute atomic E-state index is 0.0710. The van der Waals surface area contributed by atoms with E-state index < -0.39 is 0 Å². The minimum Gasteiger partial charge on any atom is -0.396 e. The normalized spacial score (nSPS) is 11.4. The van der Waals surface area contributed by atoms with Crippen molar-refractivity contribution in [3.63, 3.8) is 0 Å². The van der Waals surface area contributed by atoms with Gasteiger partial charge in [0.1, 0.15) is 0 Å². The number of aliphatic hydroxyl groups is 1. The topological polar surface area (TPSA) is 80.0 Å². The summed E-state index contributed by atoms with van der Waals surface area (Å²) in [4.78, 5) is 16.9. The number of rotatable bonds is 8. The maximum Gasteiger partial charge on any atom is 0.255 e. The number of amides is 1. The number of carbonyl (C=O) groups excluding carboxylic acids is 1. The second kappa shape index (κ2) is 7.87. The molecule has 0 saturated carbocycles. The van der Waals surface area contributed by atoms with Crippen molar-refractivity contribution in [2.24, 2.45) is 5.41 Å². The Kier molecular flexibility index (Phi) is 5.87. The third-order valence-corrected chi connectivity index (χ3v) is 4.52. The molecular weight excluding hydrogens is 292 g/mol. The van der Waals surface area contributed by atoms with Crippen molar-refractivity contribution in [2.75, 3.05) is 13.2 Å².